The molecule has 0 aromatic carbocycles. The summed E-state index contributed by atoms with van der Waals surface area (Å²) in [5.41, 5.74) is 4.86. The van der Waals surface area contributed by atoms with E-state index in [0.29, 0.717) is 32.7 Å². The van der Waals surface area contributed by atoms with Crippen LogP contribution in [0.1, 0.15) is 20.8 Å². The first-order chi connectivity index (χ1) is 8.80. The molecule has 1 aliphatic heterocycles. The molecule has 0 aromatic heterocycles. The monoisotopic (exact) mass is 274 g/mol. The summed E-state index contributed by atoms with van der Waals surface area (Å²) in [6.07, 6.45) is -0.697. The molecule has 1 aliphatic rings. The van der Waals surface area contributed by atoms with E-state index in [-0.39, 0.29) is 5.84 Å². The number of hydrogen-bond donors (Lipinski definition) is 2. The van der Waals surface area contributed by atoms with E-state index in [2.05, 4.69) is 5.16 Å². The summed E-state index contributed by atoms with van der Waals surface area (Å²) in [6.45, 7) is 8.18. The molecule has 0 radical (unpaired) electrons. The third-order valence-electron chi connectivity index (χ3n) is 2.44. The lowest BCUT2D eigenvalue weighted by Crippen LogP contribution is -2.49. The molecule has 1 heterocycles. The molecular weight excluding hydrogens is 252 g/mol. The lowest BCUT2D eigenvalue weighted by atomic mass is 10.2. The van der Waals surface area contributed by atoms with E-state index in [9.17, 15) is 4.79 Å². The van der Waals surface area contributed by atoms with Crippen molar-refractivity contribution >= 4 is 12.0 Å². The number of carbonyl (C=O) groups excluding carboxylic acids is 1. The second-order valence-electron chi connectivity index (χ2n) is 5.35. The molecule has 1 saturated heterocycles. The quantitative estimate of drug-likeness (QED) is 0.249. The largest absolute Gasteiger partial charge is 0.528 e. The summed E-state index contributed by atoms with van der Waals surface area (Å²) in [5.74, 6) is 0.168. The molecular formula is C11H22N4O4. The number of oxime groups is 1. The zero-order valence-corrected chi connectivity index (χ0v) is 11.6. The third kappa shape index (κ3) is 6.25. The van der Waals surface area contributed by atoms with Crippen LogP contribution in [0.2, 0.25) is 0 Å². The molecule has 3 N–H and O–H groups in total. The Kier molecular flexibility index (Phi) is 5.37. The fourth-order valence-corrected chi connectivity index (χ4v) is 1.61. The molecule has 0 aromatic rings. The van der Waals surface area contributed by atoms with Crippen LogP contribution in [0, 0.1) is 0 Å². The molecule has 0 amide bonds. The topological polar surface area (TPSA) is 101 Å². The highest BCUT2D eigenvalue weighted by molar-refractivity contribution is 5.81. The van der Waals surface area contributed by atoms with Gasteiger partial charge in [0.05, 0.1) is 6.54 Å². The van der Waals surface area contributed by atoms with E-state index in [1.54, 1.807) is 25.8 Å². The van der Waals surface area contributed by atoms with Gasteiger partial charge in [0.1, 0.15) is 5.60 Å². The SMILES string of the molecule is CC(C)(C)OC(=O)ON1CCN(CC(N)=NO)CC1. The summed E-state index contributed by atoms with van der Waals surface area (Å²) >= 11 is 0. The molecule has 19 heavy (non-hydrogen) atoms. The first-order valence-corrected chi connectivity index (χ1v) is 6.15. The molecule has 110 valence electrons. The molecule has 0 aliphatic carbocycles. The van der Waals surface area contributed by atoms with Crippen molar-refractivity contribution < 1.29 is 19.6 Å². The van der Waals surface area contributed by atoms with Crippen molar-refractivity contribution in [3.8, 4) is 0 Å². The first kappa shape index (κ1) is 15.5. The van der Waals surface area contributed by atoms with Crippen molar-refractivity contribution in [1.82, 2.24) is 9.96 Å². The Hall–Kier alpha value is -1.54. The van der Waals surface area contributed by atoms with Crippen LogP contribution in [0.15, 0.2) is 5.16 Å². The maximum atomic E-state index is 11.5. The zero-order chi connectivity index (χ0) is 14.5. The van der Waals surface area contributed by atoms with Crippen LogP contribution < -0.4 is 5.73 Å². The van der Waals surface area contributed by atoms with E-state index < -0.39 is 11.8 Å². The molecule has 0 saturated carbocycles. The lowest BCUT2D eigenvalue weighted by molar-refractivity contribution is -0.157. The summed E-state index contributed by atoms with van der Waals surface area (Å²) in [6, 6.07) is 0. The fraction of sp³-hybridized carbons (Fsp3) is 0.818. The number of amidine groups is 1. The Bertz CT molecular complexity index is 332. The standard InChI is InChI=1S/C11H22N4O4/c1-11(2,3)18-10(16)19-15-6-4-14(5-7-15)8-9(12)13-17/h17H,4-8H2,1-3H3,(H2,12,13). The number of ether oxygens (including phenoxy) is 1. The zero-order valence-electron chi connectivity index (χ0n) is 11.6. The Labute approximate surface area is 112 Å². The highest BCUT2D eigenvalue weighted by Crippen LogP contribution is 2.10. The molecule has 0 atom stereocenters. The second kappa shape index (κ2) is 6.58. The predicted molar refractivity (Wildman–Crippen MR) is 68.7 cm³/mol. The van der Waals surface area contributed by atoms with Crippen LogP contribution in [0.3, 0.4) is 0 Å². The second-order valence-corrected chi connectivity index (χ2v) is 5.35. The van der Waals surface area contributed by atoms with Gasteiger partial charge in [-0.25, -0.2) is 4.79 Å². The van der Waals surface area contributed by atoms with Gasteiger partial charge in [-0.1, -0.05) is 5.16 Å². The normalized spacial score (nSPS) is 19.2. The van der Waals surface area contributed by atoms with Crippen LogP contribution in [-0.4, -0.2) is 65.5 Å². The summed E-state index contributed by atoms with van der Waals surface area (Å²) in [5, 5.41) is 13.0. The van der Waals surface area contributed by atoms with Gasteiger partial charge >= 0.3 is 6.16 Å². The number of hydroxylamine groups is 2. The van der Waals surface area contributed by atoms with Crippen molar-refractivity contribution in [1.29, 1.82) is 0 Å². The Morgan fingerprint density at radius 3 is 2.37 bits per heavy atom. The molecule has 1 fully saturated rings. The molecule has 0 unspecified atom stereocenters. The lowest BCUT2D eigenvalue weighted by Gasteiger charge is -2.33. The van der Waals surface area contributed by atoms with Gasteiger partial charge in [-0.3, -0.25) is 4.90 Å². The van der Waals surface area contributed by atoms with Crippen molar-refractivity contribution in [2.75, 3.05) is 32.7 Å². The van der Waals surface area contributed by atoms with Gasteiger partial charge in [0.2, 0.25) is 0 Å². The van der Waals surface area contributed by atoms with Gasteiger partial charge in [0.15, 0.2) is 5.84 Å². The highest BCUT2D eigenvalue weighted by atomic mass is 16.8. The van der Waals surface area contributed by atoms with E-state index in [0.717, 1.165) is 0 Å². The minimum atomic E-state index is -0.697. The molecule has 0 bridgehead atoms. The van der Waals surface area contributed by atoms with Gasteiger partial charge in [0, 0.05) is 26.2 Å². The number of carbonyl (C=O) groups is 1. The number of nitrogens with two attached hydrogens (primary N) is 1. The van der Waals surface area contributed by atoms with E-state index in [1.165, 1.54) is 0 Å². The summed E-state index contributed by atoms with van der Waals surface area (Å²) in [4.78, 5) is 18.5. The third-order valence-corrected chi connectivity index (χ3v) is 2.44. The highest BCUT2D eigenvalue weighted by Gasteiger charge is 2.24. The summed E-state index contributed by atoms with van der Waals surface area (Å²) < 4.78 is 5.06. The van der Waals surface area contributed by atoms with Gasteiger partial charge in [-0.15, -0.1) is 5.06 Å². The van der Waals surface area contributed by atoms with Crippen LogP contribution in [0.4, 0.5) is 4.79 Å². The van der Waals surface area contributed by atoms with Crippen LogP contribution in [0.5, 0.6) is 0 Å². The number of rotatable bonds is 3. The van der Waals surface area contributed by atoms with Crippen molar-refractivity contribution in [2.24, 2.45) is 10.9 Å². The predicted octanol–water partition coefficient (Wildman–Crippen LogP) is 0.217. The molecule has 0 spiro atoms. The minimum Gasteiger partial charge on any atom is -0.427 e. The molecule has 8 heteroatoms. The van der Waals surface area contributed by atoms with Gasteiger partial charge in [-0.05, 0) is 20.8 Å². The first-order valence-electron chi connectivity index (χ1n) is 6.15. The Balaban J connectivity index is 2.29. The van der Waals surface area contributed by atoms with Crippen LogP contribution in [-0.2, 0) is 9.57 Å². The van der Waals surface area contributed by atoms with Crippen molar-refractivity contribution in [3.63, 3.8) is 0 Å². The smallest absolute Gasteiger partial charge is 0.427 e. The minimum absolute atomic E-state index is 0.168. The van der Waals surface area contributed by atoms with E-state index >= 15 is 0 Å². The van der Waals surface area contributed by atoms with Gasteiger partial charge < -0.3 is 20.5 Å². The Morgan fingerprint density at radius 2 is 1.89 bits per heavy atom. The summed E-state index contributed by atoms with van der Waals surface area (Å²) in [7, 11) is 0. The number of piperazine rings is 1. The molecule has 8 nitrogen and oxygen atoms in total. The van der Waals surface area contributed by atoms with E-state index in [4.69, 9.17) is 20.5 Å². The number of hydrogen-bond acceptors (Lipinski definition) is 7. The van der Waals surface area contributed by atoms with Gasteiger partial charge in [0.25, 0.3) is 0 Å². The molecule has 1 rings (SSSR count). The maximum absolute atomic E-state index is 11.5. The van der Waals surface area contributed by atoms with E-state index in [1.807, 2.05) is 4.90 Å². The average molecular weight is 274 g/mol. The average Bonchev–Trinajstić information content (AvgIpc) is 2.29. The van der Waals surface area contributed by atoms with Crippen molar-refractivity contribution in [3.05, 3.63) is 0 Å². The van der Waals surface area contributed by atoms with Crippen LogP contribution >= 0.6 is 0 Å². The maximum Gasteiger partial charge on any atom is 0.528 e. The Morgan fingerprint density at radius 1 is 1.32 bits per heavy atom. The number of nitrogens with zero attached hydrogens (tertiary/aromatic N) is 3. The van der Waals surface area contributed by atoms with Crippen LogP contribution in [0.25, 0.3) is 0 Å². The van der Waals surface area contributed by atoms with Crippen molar-refractivity contribution in [2.45, 2.75) is 26.4 Å². The van der Waals surface area contributed by atoms with Gasteiger partial charge in [-0.2, -0.15) is 0 Å². The fourth-order valence-electron chi connectivity index (χ4n) is 1.61.